The first-order valence-electron chi connectivity index (χ1n) is 7.10. The highest BCUT2D eigenvalue weighted by atomic mass is 16.2. The molecule has 0 aromatic carbocycles. The maximum absolute atomic E-state index is 12.1. The quantitative estimate of drug-likeness (QED) is 0.829. The molecule has 1 fully saturated rings. The maximum atomic E-state index is 12.1. The average Bonchev–Trinajstić information content (AvgIpc) is 2.47. The van der Waals surface area contributed by atoms with E-state index < -0.39 is 0 Å². The first-order chi connectivity index (χ1) is 9.20. The molecule has 0 N–H and O–H groups in total. The monoisotopic (exact) mass is 261 g/mol. The molecule has 4 nitrogen and oxygen atoms in total. The van der Waals surface area contributed by atoms with E-state index in [1.807, 2.05) is 24.2 Å². The van der Waals surface area contributed by atoms with Gasteiger partial charge in [0, 0.05) is 51.0 Å². The van der Waals surface area contributed by atoms with Gasteiger partial charge in [-0.1, -0.05) is 13.8 Å². The van der Waals surface area contributed by atoms with E-state index in [-0.39, 0.29) is 5.92 Å². The molecule has 1 aromatic heterocycles. The van der Waals surface area contributed by atoms with Crippen LogP contribution in [0.4, 0.5) is 0 Å². The summed E-state index contributed by atoms with van der Waals surface area (Å²) in [5.41, 5.74) is 1.29. The van der Waals surface area contributed by atoms with Crippen LogP contribution in [0.15, 0.2) is 24.5 Å². The van der Waals surface area contributed by atoms with Gasteiger partial charge in [0.25, 0.3) is 0 Å². The average molecular weight is 261 g/mol. The van der Waals surface area contributed by atoms with Crippen LogP contribution in [0.5, 0.6) is 0 Å². The van der Waals surface area contributed by atoms with Crippen molar-refractivity contribution in [1.29, 1.82) is 0 Å². The molecule has 104 valence electrons. The lowest BCUT2D eigenvalue weighted by molar-refractivity contribution is -0.136. The van der Waals surface area contributed by atoms with Gasteiger partial charge in [0.1, 0.15) is 0 Å². The Bertz CT molecular complexity index is 399. The van der Waals surface area contributed by atoms with Crippen LogP contribution in [0.3, 0.4) is 0 Å². The zero-order chi connectivity index (χ0) is 13.7. The highest BCUT2D eigenvalue weighted by molar-refractivity contribution is 5.78. The molecular weight excluding hydrogens is 238 g/mol. The number of aromatic nitrogens is 1. The van der Waals surface area contributed by atoms with Crippen molar-refractivity contribution in [2.45, 2.75) is 26.8 Å². The first-order valence-corrected chi connectivity index (χ1v) is 7.10. The van der Waals surface area contributed by atoms with Crippen molar-refractivity contribution >= 4 is 5.91 Å². The molecule has 19 heavy (non-hydrogen) atoms. The minimum atomic E-state index is 0.159. The summed E-state index contributed by atoms with van der Waals surface area (Å²) >= 11 is 0. The summed E-state index contributed by atoms with van der Waals surface area (Å²) in [4.78, 5) is 20.5. The smallest absolute Gasteiger partial charge is 0.225 e. The van der Waals surface area contributed by atoms with Gasteiger partial charge in [0.05, 0.1) is 0 Å². The van der Waals surface area contributed by atoms with Crippen molar-refractivity contribution < 1.29 is 4.79 Å². The van der Waals surface area contributed by atoms with Crippen LogP contribution < -0.4 is 0 Å². The highest BCUT2D eigenvalue weighted by Gasteiger charge is 2.23. The van der Waals surface area contributed by atoms with Crippen LogP contribution in [-0.4, -0.2) is 46.9 Å². The van der Waals surface area contributed by atoms with Gasteiger partial charge in [-0.05, 0) is 24.1 Å². The zero-order valence-electron chi connectivity index (χ0n) is 11.9. The summed E-state index contributed by atoms with van der Waals surface area (Å²) in [5, 5.41) is 0. The number of rotatable bonds is 4. The fraction of sp³-hybridized carbons (Fsp3) is 0.600. The molecule has 1 aliphatic heterocycles. The predicted octanol–water partition coefficient (Wildman–Crippen LogP) is 1.77. The van der Waals surface area contributed by atoms with Gasteiger partial charge in [-0.15, -0.1) is 0 Å². The number of hydrogen-bond acceptors (Lipinski definition) is 3. The van der Waals surface area contributed by atoms with Gasteiger partial charge in [-0.25, -0.2) is 0 Å². The first kappa shape index (κ1) is 14.0. The van der Waals surface area contributed by atoms with E-state index in [2.05, 4.69) is 28.9 Å². The Hall–Kier alpha value is -1.42. The maximum Gasteiger partial charge on any atom is 0.225 e. The van der Waals surface area contributed by atoms with E-state index in [1.54, 1.807) is 0 Å². The third-order valence-corrected chi connectivity index (χ3v) is 3.87. The largest absolute Gasteiger partial charge is 0.340 e. The van der Waals surface area contributed by atoms with E-state index in [0.29, 0.717) is 5.91 Å². The van der Waals surface area contributed by atoms with Crippen molar-refractivity contribution in [2.24, 2.45) is 5.92 Å². The zero-order valence-corrected chi connectivity index (χ0v) is 11.9. The lowest BCUT2D eigenvalue weighted by atomic mass is 10.1. The standard InChI is InChI=1S/C15H23N3O/c1-3-13(2)15(19)18-10-8-17(9-11-18)12-14-4-6-16-7-5-14/h4-7,13H,3,8-12H2,1-2H3/t13-/m0/s1. The van der Waals surface area contributed by atoms with Crippen LogP contribution in [0.1, 0.15) is 25.8 Å². The Labute approximate surface area is 115 Å². The normalized spacial score (nSPS) is 18.3. The topological polar surface area (TPSA) is 36.4 Å². The lowest BCUT2D eigenvalue weighted by Crippen LogP contribution is -2.49. The molecule has 0 unspecified atom stereocenters. The van der Waals surface area contributed by atoms with Gasteiger partial charge in [-0.2, -0.15) is 0 Å². The Morgan fingerprint density at radius 1 is 1.26 bits per heavy atom. The van der Waals surface area contributed by atoms with Crippen LogP contribution in [0.25, 0.3) is 0 Å². The van der Waals surface area contributed by atoms with E-state index in [0.717, 1.165) is 39.1 Å². The van der Waals surface area contributed by atoms with Crippen LogP contribution in [-0.2, 0) is 11.3 Å². The van der Waals surface area contributed by atoms with Crippen molar-refractivity contribution in [1.82, 2.24) is 14.8 Å². The molecule has 1 amide bonds. The second-order valence-electron chi connectivity index (χ2n) is 5.27. The Morgan fingerprint density at radius 2 is 1.89 bits per heavy atom. The summed E-state index contributed by atoms with van der Waals surface area (Å²) < 4.78 is 0. The molecule has 0 spiro atoms. The minimum absolute atomic E-state index is 0.159. The Morgan fingerprint density at radius 3 is 2.47 bits per heavy atom. The van der Waals surface area contributed by atoms with E-state index in [4.69, 9.17) is 0 Å². The number of hydrogen-bond donors (Lipinski definition) is 0. The van der Waals surface area contributed by atoms with Crippen molar-refractivity contribution in [3.63, 3.8) is 0 Å². The molecular formula is C15H23N3O. The molecule has 0 radical (unpaired) electrons. The summed E-state index contributed by atoms with van der Waals surface area (Å²) in [7, 11) is 0. The van der Waals surface area contributed by atoms with E-state index >= 15 is 0 Å². The Kier molecular flexibility index (Phi) is 4.91. The summed E-state index contributed by atoms with van der Waals surface area (Å²) in [5.74, 6) is 0.470. The number of piperazine rings is 1. The third-order valence-electron chi connectivity index (χ3n) is 3.87. The van der Waals surface area contributed by atoms with Crippen molar-refractivity contribution in [3.05, 3.63) is 30.1 Å². The predicted molar refractivity (Wildman–Crippen MR) is 75.5 cm³/mol. The van der Waals surface area contributed by atoms with Crippen LogP contribution in [0, 0.1) is 5.92 Å². The van der Waals surface area contributed by atoms with Gasteiger partial charge in [0.2, 0.25) is 5.91 Å². The summed E-state index contributed by atoms with van der Waals surface area (Å²) in [6.45, 7) is 8.68. The fourth-order valence-corrected chi connectivity index (χ4v) is 2.36. The van der Waals surface area contributed by atoms with Gasteiger partial charge in [-0.3, -0.25) is 14.7 Å². The molecule has 4 heteroatoms. The molecule has 0 bridgehead atoms. The van der Waals surface area contributed by atoms with Gasteiger partial charge >= 0.3 is 0 Å². The molecule has 2 heterocycles. The Balaban J connectivity index is 1.81. The fourth-order valence-electron chi connectivity index (χ4n) is 2.36. The number of pyridine rings is 1. The second-order valence-corrected chi connectivity index (χ2v) is 5.27. The lowest BCUT2D eigenvalue weighted by Gasteiger charge is -2.35. The number of carbonyl (C=O) groups excluding carboxylic acids is 1. The highest BCUT2D eigenvalue weighted by Crippen LogP contribution is 2.12. The molecule has 1 aromatic rings. The minimum Gasteiger partial charge on any atom is -0.340 e. The van der Waals surface area contributed by atoms with Crippen molar-refractivity contribution in [3.8, 4) is 0 Å². The van der Waals surface area contributed by atoms with Gasteiger partial charge in [0.15, 0.2) is 0 Å². The van der Waals surface area contributed by atoms with E-state index in [9.17, 15) is 4.79 Å². The third kappa shape index (κ3) is 3.77. The molecule has 1 saturated heterocycles. The molecule has 0 saturated carbocycles. The molecule has 1 aliphatic rings. The number of carbonyl (C=O) groups is 1. The summed E-state index contributed by atoms with van der Waals surface area (Å²) in [6.07, 6.45) is 4.59. The van der Waals surface area contributed by atoms with E-state index in [1.165, 1.54) is 5.56 Å². The molecule has 2 rings (SSSR count). The molecule has 1 atom stereocenters. The van der Waals surface area contributed by atoms with Crippen molar-refractivity contribution in [2.75, 3.05) is 26.2 Å². The number of nitrogens with zero attached hydrogens (tertiary/aromatic N) is 3. The van der Waals surface area contributed by atoms with Gasteiger partial charge < -0.3 is 4.90 Å². The second kappa shape index (κ2) is 6.66. The van der Waals surface area contributed by atoms with Crippen LogP contribution in [0.2, 0.25) is 0 Å². The summed E-state index contributed by atoms with van der Waals surface area (Å²) in [6, 6.07) is 4.10. The molecule has 0 aliphatic carbocycles. The SMILES string of the molecule is CC[C@H](C)C(=O)N1CCN(Cc2ccncc2)CC1. The van der Waals surface area contributed by atoms with Crippen LogP contribution >= 0.6 is 0 Å². The number of amides is 1.